The number of amides is 1. The van der Waals surface area contributed by atoms with Crippen LogP contribution in [0.1, 0.15) is 91.4 Å². The van der Waals surface area contributed by atoms with Crippen molar-refractivity contribution in [2.75, 3.05) is 0 Å². The van der Waals surface area contributed by atoms with Crippen molar-refractivity contribution < 1.29 is 4.79 Å². The summed E-state index contributed by atoms with van der Waals surface area (Å²) < 4.78 is 0. The molecule has 0 aliphatic carbocycles. The van der Waals surface area contributed by atoms with Crippen molar-refractivity contribution in [1.82, 2.24) is 0 Å². The second kappa shape index (κ2) is 10.4. The van der Waals surface area contributed by atoms with E-state index < -0.39 is 0 Å². The van der Waals surface area contributed by atoms with Gasteiger partial charge in [-0.05, 0) is 19.3 Å². The van der Waals surface area contributed by atoms with E-state index in [9.17, 15) is 4.79 Å². The largest absolute Gasteiger partial charge is 0.369 e. The summed E-state index contributed by atoms with van der Waals surface area (Å²) in [7, 11) is 0. The van der Waals surface area contributed by atoms with E-state index in [2.05, 4.69) is 20.8 Å². The molecule has 0 atom stereocenters. The minimum absolute atomic E-state index is 0.0547. The molecule has 0 saturated heterocycles. The predicted molar refractivity (Wildman–Crippen MR) is 79.4 cm³/mol. The Morgan fingerprint density at radius 3 is 1.61 bits per heavy atom. The molecule has 18 heavy (non-hydrogen) atoms. The van der Waals surface area contributed by atoms with Gasteiger partial charge in [0.05, 0.1) is 0 Å². The smallest absolute Gasteiger partial charge is 0.223 e. The normalized spacial score (nSPS) is 11.7. The molecule has 0 spiro atoms. The Morgan fingerprint density at radius 1 is 0.778 bits per heavy atom. The maximum Gasteiger partial charge on any atom is 0.223 e. The second-order valence-corrected chi connectivity index (χ2v) is 5.66. The first kappa shape index (κ1) is 17.5. The van der Waals surface area contributed by atoms with Crippen LogP contribution in [0.2, 0.25) is 0 Å². The number of unbranched alkanes of at least 4 members (excludes halogenated alkanes) is 5. The van der Waals surface area contributed by atoms with Crippen LogP contribution < -0.4 is 5.73 Å². The highest BCUT2D eigenvalue weighted by atomic mass is 16.1. The minimum atomic E-state index is -0.209. The maximum atomic E-state index is 11.9. The Morgan fingerprint density at radius 2 is 1.22 bits per heavy atom. The molecule has 0 saturated carbocycles. The van der Waals surface area contributed by atoms with Crippen molar-refractivity contribution in [2.24, 2.45) is 11.1 Å². The summed E-state index contributed by atoms with van der Waals surface area (Å²) in [4.78, 5) is 11.9. The van der Waals surface area contributed by atoms with Gasteiger partial charge in [-0.2, -0.15) is 0 Å². The zero-order valence-electron chi connectivity index (χ0n) is 12.8. The van der Waals surface area contributed by atoms with Gasteiger partial charge < -0.3 is 5.73 Å². The quantitative estimate of drug-likeness (QED) is 0.500. The van der Waals surface area contributed by atoms with Crippen molar-refractivity contribution in [3.05, 3.63) is 0 Å². The minimum Gasteiger partial charge on any atom is -0.369 e. The third kappa shape index (κ3) is 6.42. The average molecular weight is 255 g/mol. The molecule has 0 aromatic carbocycles. The first-order valence-electron chi connectivity index (χ1n) is 7.92. The molecule has 2 N–H and O–H groups in total. The monoisotopic (exact) mass is 255 g/mol. The molecule has 0 rings (SSSR count). The zero-order valence-corrected chi connectivity index (χ0v) is 12.8. The molecule has 0 radical (unpaired) electrons. The molecule has 0 aromatic rings. The topological polar surface area (TPSA) is 43.1 Å². The summed E-state index contributed by atoms with van der Waals surface area (Å²) in [5, 5.41) is 0. The molecule has 1 amide bonds. The molecule has 0 aliphatic heterocycles. The number of primary amides is 1. The summed E-state index contributed by atoms with van der Waals surface area (Å²) in [6.45, 7) is 6.58. The Labute approximate surface area is 114 Å². The van der Waals surface area contributed by atoms with Crippen LogP contribution in [-0.4, -0.2) is 5.91 Å². The lowest BCUT2D eigenvalue weighted by molar-refractivity contribution is -0.129. The van der Waals surface area contributed by atoms with E-state index >= 15 is 0 Å². The first-order chi connectivity index (χ1) is 8.63. The molecular weight excluding hydrogens is 222 g/mol. The standard InChI is InChI=1S/C16H33NO/c1-4-7-10-11-14-16(15(17)18,12-8-5-2)13-9-6-3/h4-14H2,1-3H3,(H2,17,18). The molecule has 0 fully saturated rings. The van der Waals surface area contributed by atoms with Crippen molar-refractivity contribution in [3.8, 4) is 0 Å². The van der Waals surface area contributed by atoms with Gasteiger partial charge in [-0.25, -0.2) is 0 Å². The fraction of sp³-hybridized carbons (Fsp3) is 0.938. The van der Waals surface area contributed by atoms with Gasteiger partial charge in [0.25, 0.3) is 0 Å². The average Bonchev–Trinajstić information content (AvgIpc) is 2.37. The Balaban J connectivity index is 4.45. The van der Waals surface area contributed by atoms with Crippen LogP contribution in [0.4, 0.5) is 0 Å². The lowest BCUT2D eigenvalue weighted by Crippen LogP contribution is -2.37. The van der Waals surface area contributed by atoms with Gasteiger partial charge in [-0.1, -0.05) is 72.1 Å². The SMILES string of the molecule is CCCCCCC(CCCC)(CCCC)C(N)=O. The zero-order chi connectivity index (χ0) is 13.9. The van der Waals surface area contributed by atoms with Crippen LogP contribution >= 0.6 is 0 Å². The third-order valence-corrected chi connectivity index (χ3v) is 4.05. The van der Waals surface area contributed by atoms with E-state index in [0.717, 1.165) is 51.4 Å². The van der Waals surface area contributed by atoms with Crippen LogP contribution in [0.25, 0.3) is 0 Å². The molecule has 0 aromatic heterocycles. The summed E-state index contributed by atoms with van der Waals surface area (Å²) in [5.74, 6) is -0.0547. The van der Waals surface area contributed by atoms with Gasteiger partial charge in [0, 0.05) is 5.41 Å². The van der Waals surface area contributed by atoms with Gasteiger partial charge in [0.1, 0.15) is 0 Å². The molecule has 2 nitrogen and oxygen atoms in total. The third-order valence-electron chi connectivity index (χ3n) is 4.05. The van der Waals surface area contributed by atoms with Crippen LogP contribution in [-0.2, 0) is 4.79 Å². The fourth-order valence-corrected chi connectivity index (χ4v) is 2.67. The van der Waals surface area contributed by atoms with Crippen LogP contribution in [0.5, 0.6) is 0 Å². The van der Waals surface area contributed by atoms with E-state index in [1.54, 1.807) is 0 Å². The number of carbonyl (C=O) groups excluding carboxylic acids is 1. The number of carbonyl (C=O) groups is 1. The van der Waals surface area contributed by atoms with E-state index in [1.165, 1.54) is 19.3 Å². The lowest BCUT2D eigenvalue weighted by Gasteiger charge is -2.31. The summed E-state index contributed by atoms with van der Waals surface area (Å²) in [5.41, 5.74) is 5.52. The molecule has 0 aliphatic rings. The summed E-state index contributed by atoms with van der Waals surface area (Å²) in [6.07, 6.45) is 12.4. The molecular formula is C16H33NO. The number of rotatable bonds is 12. The highest BCUT2D eigenvalue weighted by Gasteiger charge is 2.34. The van der Waals surface area contributed by atoms with Gasteiger partial charge in [0.2, 0.25) is 5.91 Å². The lowest BCUT2D eigenvalue weighted by atomic mass is 9.73. The van der Waals surface area contributed by atoms with Gasteiger partial charge in [-0.3, -0.25) is 4.79 Å². The van der Waals surface area contributed by atoms with Crippen molar-refractivity contribution in [3.63, 3.8) is 0 Å². The molecule has 2 heteroatoms. The van der Waals surface area contributed by atoms with E-state index in [4.69, 9.17) is 5.73 Å². The van der Waals surface area contributed by atoms with E-state index in [0.29, 0.717) is 0 Å². The number of nitrogens with two attached hydrogens (primary N) is 1. The van der Waals surface area contributed by atoms with Gasteiger partial charge in [-0.15, -0.1) is 0 Å². The fourth-order valence-electron chi connectivity index (χ4n) is 2.67. The summed E-state index contributed by atoms with van der Waals surface area (Å²) in [6, 6.07) is 0. The second-order valence-electron chi connectivity index (χ2n) is 5.66. The van der Waals surface area contributed by atoms with Crippen molar-refractivity contribution in [1.29, 1.82) is 0 Å². The molecule has 108 valence electrons. The van der Waals surface area contributed by atoms with Gasteiger partial charge in [0.15, 0.2) is 0 Å². The molecule has 0 unspecified atom stereocenters. The van der Waals surface area contributed by atoms with Crippen molar-refractivity contribution in [2.45, 2.75) is 91.4 Å². The molecule has 0 bridgehead atoms. The highest BCUT2D eigenvalue weighted by Crippen LogP contribution is 2.36. The first-order valence-corrected chi connectivity index (χ1v) is 7.92. The Kier molecular flexibility index (Phi) is 10.1. The van der Waals surface area contributed by atoms with Gasteiger partial charge >= 0.3 is 0 Å². The van der Waals surface area contributed by atoms with Crippen LogP contribution in [0.15, 0.2) is 0 Å². The Hall–Kier alpha value is -0.530. The van der Waals surface area contributed by atoms with Crippen LogP contribution in [0, 0.1) is 5.41 Å². The Bertz CT molecular complexity index is 205. The summed E-state index contributed by atoms with van der Waals surface area (Å²) >= 11 is 0. The van der Waals surface area contributed by atoms with E-state index in [1.807, 2.05) is 0 Å². The predicted octanol–water partition coefficient (Wildman–Crippen LogP) is 4.81. The molecule has 0 heterocycles. The van der Waals surface area contributed by atoms with E-state index in [-0.39, 0.29) is 11.3 Å². The number of hydrogen-bond donors (Lipinski definition) is 1. The highest BCUT2D eigenvalue weighted by molar-refractivity contribution is 5.80. The number of hydrogen-bond acceptors (Lipinski definition) is 1. The van der Waals surface area contributed by atoms with Crippen LogP contribution in [0.3, 0.4) is 0 Å². The maximum absolute atomic E-state index is 11.9. The van der Waals surface area contributed by atoms with Crippen molar-refractivity contribution >= 4 is 5.91 Å².